The zero-order chi connectivity index (χ0) is 18.0. The topological polar surface area (TPSA) is 74.8 Å². The van der Waals surface area contributed by atoms with Crippen LogP contribution in [0.1, 0.15) is 28.8 Å². The van der Waals surface area contributed by atoms with Crippen molar-refractivity contribution in [1.82, 2.24) is 24.3 Å². The van der Waals surface area contributed by atoms with Crippen molar-refractivity contribution in [2.75, 3.05) is 0 Å². The van der Waals surface area contributed by atoms with E-state index in [0.29, 0.717) is 16.1 Å². The maximum absolute atomic E-state index is 13.0. The number of ether oxygens (including phenoxy) is 1. The quantitative estimate of drug-likeness (QED) is 0.661. The Hall–Kier alpha value is -3.17. The summed E-state index contributed by atoms with van der Waals surface area (Å²) in [5, 5.41) is 4.00. The van der Waals surface area contributed by atoms with Crippen molar-refractivity contribution in [3.8, 4) is 5.69 Å². The zero-order valence-corrected chi connectivity index (χ0v) is 12.9. The van der Waals surface area contributed by atoms with Crippen LogP contribution in [0.4, 0.5) is 13.2 Å². The SMILES string of the molecule is Cc1nc(C(=O)OCc2nccn2C(F)F)nn1-c1ccc(F)cc1. The molecule has 0 amide bonds. The van der Waals surface area contributed by atoms with E-state index in [-0.39, 0.29) is 11.6 Å². The van der Waals surface area contributed by atoms with E-state index in [0.717, 1.165) is 6.20 Å². The van der Waals surface area contributed by atoms with Crippen molar-refractivity contribution in [3.05, 3.63) is 59.9 Å². The summed E-state index contributed by atoms with van der Waals surface area (Å²) in [6, 6.07) is 5.45. The third-order valence-corrected chi connectivity index (χ3v) is 3.31. The van der Waals surface area contributed by atoms with Crippen LogP contribution in [0.5, 0.6) is 0 Å². The van der Waals surface area contributed by atoms with Gasteiger partial charge in [0.25, 0.3) is 5.82 Å². The molecule has 3 aromatic rings. The first-order valence-electron chi connectivity index (χ1n) is 7.12. The summed E-state index contributed by atoms with van der Waals surface area (Å²) in [4.78, 5) is 19.7. The first-order valence-corrected chi connectivity index (χ1v) is 7.12. The molecular weight excluding hydrogens is 339 g/mol. The fraction of sp³-hybridized carbons (Fsp3) is 0.200. The van der Waals surface area contributed by atoms with Crippen molar-refractivity contribution >= 4 is 5.97 Å². The van der Waals surface area contributed by atoms with E-state index in [9.17, 15) is 18.0 Å². The molecule has 0 aliphatic carbocycles. The van der Waals surface area contributed by atoms with Gasteiger partial charge in [0.15, 0.2) is 5.82 Å². The molecule has 0 unspecified atom stereocenters. The molecule has 0 bridgehead atoms. The predicted octanol–water partition coefficient (Wildman–Crippen LogP) is 2.66. The number of hydrogen-bond donors (Lipinski definition) is 0. The van der Waals surface area contributed by atoms with Crippen LogP contribution >= 0.6 is 0 Å². The molecular formula is C15H12F3N5O2. The van der Waals surface area contributed by atoms with Gasteiger partial charge < -0.3 is 4.74 Å². The number of aryl methyl sites for hydroxylation is 1. The minimum atomic E-state index is -2.78. The zero-order valence-electron chi connectivity index (χ0n) is 12.9. The van der Waals surface area contributed by atoms with Crippen LogP contribution in [-0.2, 0) is 11.3 Å². The average Bonchev–Trinajstić information content (AvgIpc) is 3.20. The molecule has 10 heteroatoms. The molecule has 0 saturated carbocycles. The third-order valence-electron chi connectivity index (χ3n) is 3.31. The number of aromatic nitrogens is 5. The molecule has 0 saturated heterocycles. The van der Waals surface area contributed by atoms with E-state index in [1.54, 1.807) is 6.92 Å². The van der Waals surface area contributed by atoms with Gasteiger partial charge in [0.2, 0.25) is 0 Å². The van der Waals surface area contributed by atoms with Gasteiger partial charge in [0.05, 0.1) is 5.69 Å². The highest BCUT2D eigenvalue weighted by Crippen LogP contribution is 2.14. The van der Waals surface area contributed by atoms with Gasteiger partial charge in [0, 0.05) is 12.4 Å². The molecule has 0 fully saturated rings. The largest absolute Gasteiger partial charge is 0.452 e. The normalized spacial score (nSPS) is 11.1. The van der Waals surface area contributed by atoms with Crippen molar-refractivity contribution in [2.24, 2.45) is 0 Å². The van der Waals surface area contributed by atoms with Crippen LogP contribution in [0, 0.1) is 12.7 Å². The standard InChI is InChI=1S/C15H12F3N5O2/c1-9-20-13(21-23(9)11-4-2-10(16)3-5-11)14(24)25-8-12-19-6-7-22(12)15(17)18/h2-7,15H,8H2,1H3. The van der Waals surface area contributed by atoms with Crippen LogP contribution in [0.3, 0.4) is 0 Å². The molecule has 1 aromatic carbocycles. The average molecular weight is 351 g/mol. The van der Waals surface area contributed by atoms with Crippen LogP contribution in [0.2, 0.25) is 0 Å². The van der Waals surface area contributed by atoms with Crippen LogP contribution in [0.25, 0.3) is 5.69 Å². The van der Waals surface area contributed by atoms with Crippen molar-refractivity contribution in [2.45, 2.75) is 20.1 Å². The summed E-state index contributed by atoms with van der Waals surface area (Å²) in [6.45, 7) is -1.62. The van der Waals surface area contributed by atoms with Gasteiger partial charge in [-0.15, -0.1) is 5.10 Å². The number of imidazole rings is 1. The first-order chi connectivity index (χ1) is 12.0. The molecule has 0 spiro atoms. The molecule has 0 aliphatic rings. The summed E-state index contributed by atoms with van der Waals surface area (Å²) < 4.78 is 45.3. The monoisotopic (exact) mass is 351 g/mol. The molecule has 3 rings (SSSR count). The minimum Gasteiger partial charge on any atom is -0.452 e. The van der Waals surface area contributed by atoms with Gasteiger partial charge in [0.1, 0.15) is 18.2 Å². The fourth-order valence-corrected chi connectivity index (χ4v) is 2.13. The van der Waals surface area contributed by atoms with Gasteiger partial charge in [-0.3, -0.25) is 4.57 Å². The van der Waals surface area contributed by atoms with Crippen molar-refractivity contribution < 1.29 is 22.7 Å². The minimum absolute atomic E-state index is 0.0990. The molecule has 2 aromatic heterocycles. The van der Waals surface area contributed by atoms with Crippen LogP contribution in [-0.4, -0.2) is 30.3 Å². The van der Waals surface area contributed by atoms with Gasteiger partial charge in [-0.2, -0.15) is 8.78 Å². The highest BCUT2D eigenvalue weighted by molar-refractivity contribution is 5.85. The summed E-state index contributed by atoms with van der Waals surface area (Å²) in [5.41, 5.74) is 0.513. The summed E-state index contributed by atoms with van der Waals surface area (Å²) in [7, 11) is 0. The lowest BCUT2D eigenvalue weighted by atomic mass is 10.3. The van der Waals surface area contributed by atoms with E-state index in [1.807, 2.05) is 0 Å². The Morgan fingerprint density at radius 2 is 2.00 bits per heavy atom. The summed E-state index contributed by atoms with van der Waals surface area (Å²) in [5.74, 6) is -1.24. The molecule has 0 atom stereocenters. The van der Waals surface area contributed by atoms with Crippen molar-refractivity contribution in [1.29, 1.82) is 0 Å². The van der Waals surface area contributed by atoms with Crippen molar-refractivity contribution in [3.63, 3.8) is 0 Å². The second-order valence-electron chi connectivity index (χ2n) is 4.98. The number of alkyl halides is 2. The number of rotatable bonds is 5. The Balaban J connectivity index is 1.74. The Morgan fingerprint density at radius 1 is 1.28 bits per heavy atom. The number of benzene rings is 1. The molecule has 25 heavy (non-hydrogen) atoms. The molecule has 7 nitrogen and oxygen atoms in total. The summed E-state index contributed by atoms with van der Waals surface area (Å²) >= 11 is 0. The van der Waals surface area contributed by atoms with E-state index < -0.39 is 24.9 Å². The molecule has 2 heterocycles. The number of carbonyl (C=O) groups excluding carboxylic acids is 1. The molecule has 0 radical (unpaired) electrons. The number of carbonyl (C=O) groups is 1. The van der Waals surface area contributed by atoms with E-state index in [4.69, 9.17) is 4.74 Å². The van der Waals surface area contributed by atoms with E-state index in [1.165, 1.54) is 35.1 Å². The highest BCUT2D eigenvalue weighted by Gasteiger charge is 2.19. The van der Waals surface area contributed by atoms with Gasteiger partial charge >= 0.3 is 12.5 Å². The van der Waals surface area contributed by atoms with E-state index >= 15 is 0 Å². The smallest absolute Gasteiger partial charge is 0.378 e. The highest BCUT2D eigenvalue weighted by atomic mass is 19.3. The maximum Gasteiger partial charge on any atom is 0.378 e. The second kappa shape index (κ2) is 6.75. The van der Waals surface area contributed by atoms with Gasteiger partial charge in [-0.1, -0.05) is 0 Å². The molecule has 0 N–H and O–H groups in total. The number of halogens is 3. The maximum atomic E-state index is 13.0. The second-order valence-corrected chi connectivity index (χ2v) is 4.98. The van der Waals surface area contributed by atoms with Crippen LogP contribution in [0.15, 0.2) is 36.7 Å². The Kier molecular flexibility index (Phi) is 4.50. The Labute approximate surface area is 139 Å². The Morgan fingerprint density at radius 3 is 2.68 bits per heavy atom. The number of esters is 1. The molecule has 0 aliphatic heterocycles. The third kappa shape index (κ3) is 3.52. The lowest BCUT2D eigenvalue weighted by Gasteiger charge is -2.06. The lowest BCUT2D eigenvalue weighted by molar-refractivity contribution is 0.0365. The molecule has 130 valence electrons. The number of hydrogen-bond acceptors (Lipinski definition) is 5. The number of nitrogens with zero attached hydrogens (tertiary/aromatic N) is 5. The summed E-state index contributed by atoms with van der Waals surface area (Å²) in [6.07, 6.45) is 2.26. The predicted molar refractivity (Wildman–Crippen MR) is 78.7 cm³/mol. The van der Waals surface area contributed by atoms with E-state index in [2.05, 4.69) is 15.1 Å². The Bertz CT molecular complexity index is 889. The fourth-order valence-electron chi connectivity index (χ4n) is 2.13. The van der Waals surface area contributed by atoms with Gasteiger partial charge in [-0.05, 0) is 31.2 Å². The first kappa shape index (κ1) is 16.7. The van der Waals surface area contributed by atoms with Crippen LogP contribution < -0.4 is 0 Å². The van der Waals surface area contributed by atoms with Gasteiger partial charge in [-0.25, -0.2) is 23.8 Å². The lowest BCUT2D eigenvalue weighted by Crippen LogP contribution is -2.12.